The van der Waals surface area contributed by atoms with E-state index in [2.05, 4.69) is 14.9 Å². The van der Waals surface area contributed by atoms with Gasteiger partial charge in [0.25, 0.3) is 0 Å². The molecule has 5 nitrogen and oxygen atoms in total. The number of hydrogen-bond donors (Lipinski definition) is 0. The molecule has 0 bridgehead atoms. The molecule has 0 atom stereocenters. The van der Waals surface area contributed by atoms with Gasteiger partial charge < -0.3 is 14.4 Å². The van der Waals surface area contributed by atoms with E-state index in [4.69, 9.17) is 9.47 Å². The van der Waals surface area contributed by atoms with Crippen molar-refractivity contribution in [3.05, 3.63) is 23.2 Å². The average molecular weight is 395 g/mol. The number of morpholine rings is 1. The molecule has 1 saturated heterocycles. The molecule has 2 aromatic heterocycles. The van der Waals surface area contributed by atoms with Gasteiger partial charge in [0, 0.05) is 48.6 Å². The van der Waals surface area contributed by atoms with Gasteiger partial charge in [-0.25, -0.2) is 13.8 Å². The van der Waals surface area contributed by atoms with Gasteiger partial charge in [-0.1, -0.05) is 0 Å². The fourth-order valence-electron chi connectivity index (χ4n) is 3.42. The van der Waals surface area contributed by atoms with Crippen LogP contribution in [0.1, 0.15) is 31.4 Å². The van der Waals surface area contributed by atoms with Crippen LogP contribution in [0.25, 0.3) is 10.6 Å². The third kappa shape index (κ3) is 4.55. The first kappa shape index (κ1) is 18.6. The molecular formula is C19H23F2N3O2S. The molecular weight excluding hydrogens is 372 g/mol. The molecule has 0 amide bonds. The Morgan fingerprint density at radius 3 is 2.59 bits per heavy atom. The third-order valence-corrected chi connectivity index (χ3v) is 5.95. The third-order valence-electron chi connectivity index (χ3n) is 4.94. The maximum atomic E-state index is 13.4. The van der Waals surface area contributed by atoms with Crippen LogP contribution in [0.15, 0.2) is 17.5 Å². The van der Waals surface area contributed by atoms with Gasteiger partial charge in [-0.15, -0.1) is 11.3 Å². The van der Waals surface area contributed by atoms with Crippen LogP contribution in [-0.2, 0) is 4.74 Å². The van der Waals surface area contributed by atoms with Gasteiger partial charge >= 0.3 is 0 Å². The molecule has 0 radical (unpaired) electrons. The molecule has 0 spiro atoms. The molecule has 3 heterocycles. The van der Waals surface area contributed by atoms with Gasteiger partial charge in [0.15, 0.2) is 0 Å². The summed E-state index contributed by atoms with van der Waals surface area (Å²) < 4.78 is 38.3. The lowest BCUT2D eigenvalue weighted by molar-refractivity contribution is -0.0588. The molecule has 2 fully saturated rings. The number of halogens is 2. The second kappa shape index (κ2) is 7.67. The van der Waals surface area contributed by atoms with Gasteiger partial charge in [-0.3, -0.25) is 0 Å². The normalized spacial score (nSPS) is 20.6. The van der Waals surface area contributed by atoms with Gasteiger partial charge in [0.2, 0.25) is 11.8 Å². The summed E-state index contributed by atoms with van der Waals surface area (Å²) in [5.41, 5.74) is 1.91. The summed E-state index contributed by atoms with van der Waals surface area (Å²) in [5.74, 6) is -1.26. The summed E-state index contributed by atoms with van der Waals surface area (Å²) in [6.07, 6.45) is 0.228. The van der Waals surface area contributed by atoms with Crippen molar-refractivity contribution >= 4 is 17.2 Å². The molecule has 2 aliphatic rings. The number of thiazole rings is 1. The van der Waals surface area contributed by atoms with Crippen molar-refractivity contribution in [1.29, 1.82) is 0 Å². The van der Waals surface area contributed by atoms with Crippen molar-refractivity contribution in [3.8, 4) is 16.5 Å². The predicted octanol–water partition coefficient (Wildman–Crippen LogP) is 4.31. The van der Waals surface area contributed by atoms with E-state index in [1.807, 2.05) is 24.4 Å². The Morgan fingerprint density at radius 2 is 1.93 bits per heavy atom. The maximum Gasteiger partial charge on any atom is 0.248 e. The van der Waals surface area contributed by atoms with Crippen LogP contribution in [0.3, 0.4) is 0 Å². The molecule has 0 N–H and O–H groups in total. The number of rotatable bonds is 4. The minimum absolute atomic E-state index is 0.126. The van der Waals surface area contributed by atoms with Crippen molar-refractivity contribution in [3.63, 3.8) is 0 Å². The molecule has 2 aromatic rings. The Morgan fingerprint density at radius 1 is 1.19 bits per heavy atom. The topological polar surface area (TPSA) is 47.5 Å². The molecule has 146 valence electrons. The lowest BCUT2D eigenvalue weighted by Crippen LogP contribution is -2.37. The monoisotopic (exact) mass is 395 g/mol. The smallest absolute Gasteiger partial charge is 0.248 e. The van der Waals surface area contributed by atoms with Gasteiger partial charge in [-0.2, -0.15) is 4.98 Å². The number of aryl methyl sites for hydroxylation is 1. The van der Waals surface area contributed by atoms with E-state index in [9.17, 15) is 8.78 Å². The molecule has 0 unspecified atom stereocenters. The Labute approximate surface area is 161 Å². The fraction of sp³-hybridized carbons (Fsp3) is 0.579. The first-order valence-electron chi connectivity index (χ1n) is 9.30. The molecule has 27 heavy (non-hydrogen) atoms. The lowest BCUT2D eigenvalue weighted by atomic mass is 9.94. The summed E-state index contributed by atoms with van der Waals surface area (Å²) in [5, 5.41) is 2.91. The van der Waals surface area contributed by atoms with E-state index in [1.165, 1.54) is 0 Å². The second-order valence-electron chi connectivity index (χ2n) is 7.12. The van der Waals surface area contributed by atoms with E-state index in [-0.39, 0.29) is 18.9 Å². The number of nitrogens with zero attached hydrogens (tertiary/aromatic N) is 3. The average Bonchev–Trinajstić information content (AvgIpc) is 3.10. The number of hydrogen-bond acceptors (Lipinski definition) is 6. The Bertz CT molecular complexity index is 783. The highest BCUT2D eigenvalue weighted by Crippen LogP contribution is 2.36. The van der Waals surface area contributed by atoms with Gasteiger partial charge in [0.05, 0.1) is 13.2 Å². The largest absolute Gasteiger partial charge is 0.474 e. The molecule has 0 aromatic carbocycles. The Kier molecular flexibility index (Phi) is 5.27. The predicted molar refractivity (Wildman–Crippen MR) is 101 cm³/mol. The van der Waals surface area contributed by atoms with E-state index in [1.54, 1.807) is 11.3 Å². The lowest BCUT2D eigenvalue weighted by Gasteiger charge is -2.30. The number of ether oxygens (including phenoxy) is 2. The molecule has 8 heteroatoms. The fourth-order valence-corrected chi connectivity index (χ4v) is 4.20. The highest BCUT2D eigenvalue weighted by molar-refractivity contribution is 7.13. The number of anilines is 1. The summed E-state index contributed by atoms with van der Waals surface area (Å²) in [6, 6.07) is 3.89. The Hall–Kier alpha value is -1.80. The summed E-state index contributed by atoms with van der Waals surface area (Å²) in [7, 11) is 0. The second-order valence-corrected chi connectivity index (χ2v) is 7.98. The van der Waals surface area contributed by atoms with Crippen molar-refractivity contribution in [2.75, 3.05) is 31.2 Å². The van der Waals surface area contributed by atoms with Gasteiger partial charge in [-0.05, 0) is 25.8 Å². The molecule has 1 aliphatic carbocycles. The van der Waals surface area contributed by atoms with Crippen molar-refractivity contribution in [2.24, 2.45) is 0 Å². The number of alkyl halides is 2. The van der Waals surface area contributed by atoms with Crippen molar-refractivity contribution in [2.45, 2.75) is 44.6 Å². The van der Waals surface area contributed by atoms with Crippen LogP contribution in [0.2, 0.25) is 0 Å². The first-order valence-corrected chi connectivity index (χ1v) is 10.2. The van der Waals surface area contributed by atoms with Gasteiger partial charge in [0.1, 0.15) is 16.9 Å². The zero-order valence-corrected chi connectivity index (χ0v) is 16.1. The zero-order valence-electron chi connectivity index (χ0n) is 15.3. The van der Waals surface area contributed by atoms with Crippen molar-refractivity contribution in [1.82, 2.24) is 9.97 Å². The highest BCUT2D eigenvalue weighted by atomic mass is 32.1. The van der Waals surface area contributed by atoms with Crippen LogP contribution in [0.5, 0.6) is 5.88 Å². The maximum absolute atomic E-state index is 13.4. The minimum atomic E-state index is -2.56. The standard InChI is InChI=1S/C19H23F2N3O2S/c1-13-12-27-18(22-13)14-10-16(24-6-8-25-9-7-24)23-17(11-14)26-15-2-4-19(20,21)5-3-15/h10-12,15H,2-9H2,1H3. The minimum Gasteiger partial charge on any atom is -0.474 e. The van der Waals surface area contributed by atoms with Crippen LogP contribution in [-0.4, -0.2) is 48.3 Å². The summed E-state index contributed by atoms with van der Waals surface area (Å²) in [4.78, 5) is 11.4. The zero-order chi connectivity index (χ0) is 18.9. The van der Waals surface area contributed by atoms with Crippen LogP contribution < -0.4 is 9.64 Å². The first-order chi connectivity index (χ1) is 13.0. The Balaban J connectivity index is 1.59. The van der Waals surface area contributed by atoms with Crippen molar-refractivity contribution < 1.29 is 18.3 Å². The molecule has 1 saturated carbocycles. The van der Waals surface area contributed by atoms with E-state index in [0.29, 0.717) is 31.9 Å². The van der Waals surface area contributed by atoms with E-state index >= 15 is 0 Å². The van der Waals surface area contributed by atoms with Crippen LogP contribution in [0.4, 0.5) is 14.6 Å². The van der Waals surface area contributed by atoms with Crippen LogP contribution >= 0.6 is 11.3 Å². The van der Waals surface area contributed by atoms with Crippen LogP contribution in [0, 0.1) is 6.92 Å². The quantitative estimate of drug-likeness (QED) is 0.772. The summed E-state index contributed by atoms with van der Waals surface area (Å²) >= 11 is 1.58. The number of aromatic nitrogens is 2. The molecule has 1 aliphatic heterocycles. The highest BCUT2D eigenvalue weighted by Gasteiger charge is 2.36. The van der Waals surface area contributed by atoms with E-state index in [0.717, 1.165) is 35.2 Å². The SMILES string of the molecule is Cc1csc(-c2cc(OC3CCC(F)(F)CC3)nc(N3CCOCC3)c2)n1. The number of pyridine rings is 1. The van der Waals surface area contributed by atoms with E-state index < -0.39 is 5.92 Å². The molecule has 4 rings (SSSR count). The summed E-state index contributed by atoms with van der Waals surface area (Å²) in [6.45, 7) is 4.82.